The zero-order chi connectivity index (χ0) is 17.9. The summed E-state index contributed by atoms with van der Waals surface area (Å²) >= 11 is 0. The fourth-order valence-electron chi connectivity index (χ4n) is 3.10. The number of nitrogens with zero attached hydrogens (tertiary/aromatic N) is 1. The van der Waals surface area contributed by atoms with E-state index in [4.69, 9.17) is 9.47 Å². The quantitative estimate of drug-likeness (QED) is 0.841. The molecular formula is C20H23NO4. The van der Waals surface area contributed by atoms with E-state index in [1.54, 1.807) is 48.5 Å². The summed E-state index contributed by atoms with van der Waals surface area (Å²) in [7, 11) is 3.83. The Kier molecular flexibility index (Phi) is 5.18. The van der Waals surface area contributed by atoms with Crippen LogP contribution in [0.5, 0.6) is 0 Å². The van der Waals surface area contributed by atoms with Gasteiger partial charge in [-0.25, -0.2) is 4.79 Å². The third-order valence-electron chi connectivity index (χ3n) is 4.60. The Balaban J connectivity index is 1.94. The number of ether oxygens (including phenoxy) is 2. The maximum absolute atomic E-state index is 13.0. The van der Waals surface area contributed by atoms with E-state index in [1.807, 2.05) is 31.1 Å². The molecule has 5 heteroatoms. The van der Waals surface area contributed by atoms with Gasteiger partial charge in [0.25, 0.3) is 0 Å². The minimum absolute atomic E-state index is 0.0280. The third kappa shape index (κ3) is 3.44. The lowest BCUT2D eigenvalue weighted by Crippen LogP contribution is -2.46. The fourth-order valence-corrected chi connectivity index (χ4v) is 3.10. The molecule has 25 heavy (non-hydrogen) atoms. The van der Waals surface area contributed by atoms with E-state index in [9.17, 15) is 9.90 Å². The Morgan fingerprint density at radius 2 is 1.56 bits per heavy atom. The van der Waals surface area contributed by atoms with Crippen molar-refractivity contribution >= 4 is 5.97 Å². The summed E-state index contributed by atoms with van der Waals surface area (Å²) in [6.07, 6.45) is -0.415. The van der Waals surface area contributed by atoms with Gasteiger partial charge < -0.3 is 19.5 Å². The average molecular weight is 341 g/mol. The van der Waals surface area contributed by atoms with Crippen LogP contribution >= 0.6 is 0 Å². The molecule has 0 aromatic heterocycles. The number of benzene rings is 2. The molecule has 1 fully saturated rings. The van der Waals surface area contributed by atoms with Crippen LogP contribution in [-0.2, 0) is 19.9 Å². The van der Waals surface area contributed by atoms with Gasteiger partial charge in [-0.15, -0.1) is 0 Å². The van der Waals surface area contributed by atoms with Crippen LogP contribution in [0.4, 0.5) is 0 Å². The largest absolute Gasteiger partial charge is 0.455 e. The number of carbonyl (C=O) groups excluding carboxylic acids is 1. The van der Waals surface area contributed by atoms with Gasteiger partial charge in [0.2, 0.25) is 5.60 Å². The van der Waals surface area contributed by atoms with Gasteiger partial charge in [-0.05, 0) is 25.2 Å². The van der Waals surface area contributed by atoms with Crippen LogP contribution in [0, 0.1) is 0 Å². The third-order valence-corrected chi connectivity index (χ3v) is 4.60. The van der Waals surface area contributed by atoms with Gasteiger partial charge in [0, 0.05) is 0 Å². The van der Waals surface area contributed by atoms with Crippen LogP contribution in [0.1, 0.15) is 11.1 Å². The van der Waals surface area contributed by atoms with Crippen molar-refractivity contribution in [3.8, 4) is 0 Å². The van der Waals surface area contributed by atoms with E-state index < -0.39 is 17.7 Å². The highest BCUT2D eigenvalue weighted by atomic mass is 16.6. The average Bonchev–Trinajstić information content (AvgIpc) is 3.11. The molecular weight excluding hydrogens is 318 g/mol. The Bertz CT molecular complexity index is 663. The molecule has 132 valence electrons. The zero-order valence-corrected chi connectivity index (χ0v) is 14.5. The lowest BCUT2D eigenvalue weighted by atomic mass is 9.86. The second kappa shape index (κ2) is 7.35. The molecule has 0 radical (unpaired) electrons. The fraction of sp³-hybridized carbons (Fsp3) is 0.350. The molecule has 0 spiro atoms. The molecule has 2 aromatic carbocycles. The van der Waals surface area contributed by atoms with Crippen molar-refractivity contribution in [1.82, 2.24) is 4.90 Å². The summed E-state index contributed by atoms with van der Waals surface area (Å²) in [5, 5.41) is 11.4. The van der Waals surface area contributed by atoms with Crippen molar-refractivity contribution in [3.05, 3.63) is 71.8 Å². The first-order valence-electron chi connectivity index (χ1n) is 8.32. The molecule has 2 aromatic rings. The second-order valence-electron chi connectivity index (χ2n) is 6.45. The molecule has 5 nitrogen and oxygen atoms in total. The monoisotopic (exact) mass is 341 g/mol. The number of aliphatic hydroxyl groups is 1. The molecule has 2 atom stereocenters. The van der Waals surface area contributed by atoms with E-state index in [2.05, 4.69) is 0 Å². The van der Waals surface area contributed by atoms with E-state index in [1.165, 1.54) is 0 Å². The van der Waals surface area contributed by atoms with Gasteiger partial charge in [-0.3, -0.25) is 0 Å². The molecule has 1 heterocycles. The lowest BCUT2D eigenvalue weighted by molar-refractivity contribution is -0.169. The topological polar surface area (TPSA) is 59.0 Å². The van der Waals surface area contributed by atoms with E-state index in [0.717, 1.165) is 0 Å². The Labute approximate surface area is 147 Å². The van der Waals surface area contributed by atoms with E-state index >= 15 is 0 Å². The zero-order valence-electron chi connectivity index (χ0n) is 14.5. The van der Waals surface area contributed by atoms with Gasteiger partial charge in [-0.2, -0.15) is 0 Å². The normalized spacial score (nSPS) is 20.6. The number of esters is 1. The van der Waals surface area contributed by atoms with Crippen LogP contribution in [0.2, 0.25) is 0 Å². The SMILES string of the molecule is CN(C)[C@@H]1COC[C@@H]1OC(=O)C(O)(c1ccccc1)c1ccccc1. The maximum Gasteiger partial charge on any atom is 0.348 e. The minimum Gasteiger partial charge on any atom is -0.455 e. The van der Waals surface area contributed by atoms with Crippen molar-refractivity contribution in [2.24, 2.45) is 0 Å². The summed E-state index contributed by atoms with van der Waals surface area (Å²) in [4.78, 5) is 15.0. The lowest BCUT2D eigenvalue weighted by Gasteiger charge is -2.31. The molecule has 1 aliphatic rings. The van der Waals surface area contributed by atoms with Crippen LogP contribution < -0.4 is 0 Å². The van der Waals surface area contributed by atoms with Crippen molar-refractivity contribution in [2.75, 3.05) is 27.3 Å². The van der Waals surface area contributed by atoms with E-state index in [-0.39, 0.29) is 6.04 Å². The number of carbonyl (C=O) groups is 1. The highest BCUT2D eigenvalue weighted by molar-refractivity contribution is 5.85. The predicted octanol–water partition coefficient (Wildman–Crippen LogP) is 1.79. The standard InChI is InChI=1S/C20H23NO4/c1-21(2)17-13-24-14-18(17)25-19(22)20(23,15-9-5-3-6-10-15)16-11-7-4-8-12-16/h3-12,17-18,23H,13-14H2,1-2H3/t17-,18+/m1/s1. The molecule has 0 unspecified atom stereocenters. The molecule has 1 N–H and O–H groups in total. The molecule has 1 aliphatic heterocycles. The first kappa shape index (κ1) is 17.6. The smallest absolute Gasteiger partial charge is 0.348 e. The first-order valence-corrected chi connectivity index (χ1v) is 8.32. The van der Waals surface area contributed by atoms with Gasteiger partial charge in [-0.1, -0.05) is 60.7 Å². The van der Waals surface area contributed by atoms with Crippen LogP contribution in [0.25, 0.3) is 0 Å². The highest BCUT2D eigenvalue weighted by Gasteiger charge is 2.44. The molecule has 0 amide bonds. The summed E-state index contributed by atoms with van der Waals surface area (Å²) < 4.78 is 11.2. The summed E-state index contributed by atoms with van der Waals surface area (Å²) in [5.41, 5.74) is -0.903. The molecule has 3 rings (SSSR count). The van der Waals surface area contributed by atoms with Gasteiger partial charge in [0.05, 0.1) is 19.3 Å². The van der Waals surface area contributed by atoms with Crippen molar-refractivity contribution in [3.63, 3.8) is 0 Å². The highest BCUT2D eigenvalue weighted by Crippen LogP contribution is 2.32. The van der Waals surface area contributed by atoms with Gasteiger partial charge in [0.15, 0.2) is 0 Å². The second-order valence-corrected chi connectivity index (χ2v) is 6.45. The number of hydrogen-bond donors (Lipinski definition) is 1. The molecule has 0 saturated carbocycles. The number of rotatable bonds is 5. The maximum atomic E-state index is 13.0. The number of likely N-dealkylation sites (N-methyl/N-ethyl adjacent to an activating group) is 1. The van der Waals surface area contributed by atoms with Crippen LogP contribution in [-0.4, -0.2) is 55.4 Å². The summed E-state index contributed by atoms with van der Waals surface area (Å²) in [6.45, 7) is 0.828. The number of hydrogen-bond acceptors (Lipinski definition) is 5. The Morgan fingerprint density at radius 3 is 2.04 bits per heavy atom. The van der Waals surface area contributed by atoms with Crippen molar-refractivity contribution in [1.29, 1.82) is 0 Å². The Hall–Kier alpha value is -2.21. The van der Waals surface area contributed by atoms with E-state index in [0.29, 0.717) is 24.3 Å². The van der Waals surface area contributed by atoms with Crippen LogP contribution in [0.3, 0.4) is 0 Å². The Morgan fingerprint density at radius 1 is 1.04 bits per heavy atom. The minimum atomic E-state index is -1.86. The van der Waals surface area contributed by atoms with Crippen molar-refractivity contribution in [2.45, 2.75) is 17.7 Å². The molecule has 0 bridgehead atoms. The predicted molar refractivity (Wildman–Crippen MR) is 94.1 cm³/mol. The molecule has 0 aliphatic carbocycles. The van der Waals surface area contributed by atoms with Gasteiger partial charge >= 0.3 is 5.97 Å². The summed E-state index contributed by atoms with van der Waals surface area (Å²) in [5.74, 6) is -0.688. The van der Waals surface area contributed by atoms with Gasteiger partial charge in [0.1, 0.15) is 6.10 Å². The first-order chi connectivity index (χ1) is 12.0. The molecule has 1 saturated heterocycles. The summed E-state index contributed by atoms with van der Waals surface area (Å²) in [6, 6.07) is 17.7. The van der Waals surface area contributed by atoms with Crippen LogP contribution in [0.15, 0.2) is 60.7 Å². The van der Waals surface area contributed by atoms with Crippen molar-refractivity contribution < 1.29 is 19.4 Å².